The number of rotatable bonds is 6. The molecule has 0 fully saturated rings. The zero-order valence-corrected chi connectivity index (χ0v) is 11.8. The minimum absolute atomic E-state index is 0.0476. The number of hydrogen-bond donors (Lipinski definition) is 1. The fourth-order valence-corrected chi connectivity index (χ4v) is 3.89. The Hall–Kier alpha value is -1.28. The number of halogens is 1. The molecule has 0 aliphatic carbocycles. The maximum absolute atomic E-state index is 13.1. The minimum atomic E-state index is -3.24. The first kappa shape index (κ1) is 15.8. The average Bonchev–Trinajstić information content (AvgIpc) is 2.36. The summed E-state index contributed by atoms with van der Waals surface area (Å²) in [6, 6.07) is 3.06. The highest BCUT2D eigenvalue weighted by molar-refractivity contribution is 7.93. The number of carbonyl (C=O) groups is 1. The molecule has 8 heteroatoms. The lowest BCUT2D eigenvalue weighted by Crippen LogP contribution is -2.15. The first-order valence-electron chi connectivity index (χ1n) is 5.38. The van der Waals surface area contributed by atoms with Gasteiger partial charge in [-0.05, 0) is 18.2 Å². The monoisotopic (exact) mass is 308 g/mol. The second kappa shape index (κ2) is 6.25. The molecule has 1 aromatic carbocycles. The normalized spacial score (nSPS) is 13.2. The van der Waals surface area contributed by atoms with E-state index in [1.54, 1.807) is 0 Å². The van der Waals surface area contributed by atoms with Crippen LogP contribution in [-0.2, 0) is 20.6 Å². The quantitative estimate of drug-likeness (QED) is 0.849. The predicted molar refractivity (Wildman–Crippen MR) is 69.0 cm³/mol. The lowest BCUT2D eigenvalue weighted by molar-refractivity contribution is 0.0691. The van der Waals surface area contributed by atoms with Crippen molar-refractivity contribution < 1.29 is 26.9 Å². The zero-order chi connectivity index (χ0) is 14.6. The molecule has 5 nitrogen and oxygen atoms in total. The number of carboxylic acids is 1. The van der Waals surface area contributed by atoms with Gasteiger partial charge in [-0.3, -0.25) is 4.21 Å². The smallest absolute Gasteiger partial charge is 0.338 e. The molecule has 106 valence electrons. The van der Waals surface area contributed by atoms with Gasteiger partial charge < -0.3 is 5.11 Å². The van der Waals surface area contributed by atoms with E-state index >= 15 is 0 Å². The predicted octanol–water partition coefficient (Wildman–Crippen LogP) is 1.07. The molecular weight excluding hydrogens is 295 g/mol. The number of sulfone groups is 1. The molecule has 19 heavy (non-hydrogen) atoms. The van der Waals surface area contributed by atoms with E-state index in [-0.39, 0.29) is 22.2 Å². The standard InChI is InChI=1S/C11H13FO5S2/c1-2-19(16,17)6-5-18(15)8-3-4-10(12)9(7-8)11(13)14/h3-4,7H,2,5-6H2,1H3,(H,13,14). The molecular formula is C11H13FO5S2. The molecule has 0 saturated heterocycles. The Morgan fingerprint density at radius 2 is 2.05 bits per heavy atom. The summed E-state index contributed by atoms with van der Waals surface area (Å²) in [6.07, 6.45) is 0. The molecule has 0 radical (unpaired) electrons. The zero-order valence-electron chi connectivity index (χ0n) is 10.1. The second-order valence-corrected chi connectivity index (χ2v) is 7.78. The molecule has 1 rings (SSSR count). The molecule has 1 unspecified atom stereocenters. The second-order valence-electron chi connectivity index (χ2n) is 3.73. The van der Waals surface area contributed by atoms with Gasteiger partial charge >= 0.3 is 5.97 Å². The number of benzene rings is 1. The van der Waals surface area contributed by atoms with Crippen molar-refractivity contribution >= 4 is 26.6 Å². The van der Waals surface area contributed by atoms with Crippen LogP contribution < -0.4 is 0 Å². The summed E-state index contributed by atoms with van der Waals surface area (Å²) in [5, 5.41) is 8.73. The summed E-state index contributed by atoms with van der Waals surface area (Å²) in [6.45, 7) is 1.48. The average molecular weight is 308 g/mol. The van der Waals surface area contributed by atoms with Crippen LogP contribution in [0.1, 0.15) is 17.3 Å². The third kappa shape index (κ3) is 4.39. The Bertz CT molecular complexity index is 610. The highest BCUT2D eigenvalue weighted by atomic mass is 32.2. The summed E-state index contributed by atoms with van der Waals surface area (Å²) in [4.78, 5) is 10.8. The van der Waals surface area contributed by atoms with Gasteiger partial charge in [0.2, 0.25) is 0 Å². The Labute approximate surface area is 112 Å². The highest BCUT2D eigenvalue weighted by Gasteiger charge is 2.15. The SMILES string of the molecule is CCS(=O)(=O)CCS(=O)c1ccc(F)c(C(=O)O)c1. The fourth-order valence-electron chi connectivity index (χ4n) is 1.27. The van der Waals surface area contributed by atoms with Crippen LogP contribution >= 0.6 is 0 Å². The van der Waals surface area contributed by atoms with Gasteiger partial charge in [-0.25, -0.2) is 17.6 Å². The van der Waals surface area contributed by atoms with Gasteiger partial charge in [0.15, 0.2) is 9.84 Å². The summed E-state index contributed by atoms with van der Waals surface area (Å²) in [5.74, 6) is -2.82. The molecule has 0 bridgehead atoms. The fraction of sp³-hybridized carbons (Fsp3) is 0.364. The molecule has 0 aliphatic rings. The van der Waals surface area contributed by atoms with Gasteiger partial charge in [-0.1, -0.05) is 6.92 Å². The Kier molecular flexibility index (Phi) is 5.19. The number of carboxylic acid groups (broad SMARTS) is 1. The van der Waals surface area contributed by atoms with Crippen LogP contribution in [0.5, 0.6) is 0 Å². The molecule has 0 saturated carbocycles. The van der Waals surface area contributed by atoms with Crippen LogP contribution in [0.2, 0.25) is 0 Å². The van der Waals surface area contributed by atoms with E-state index in [9.17, 15) is 21.8 Å². The summed E-state index contributed by atoms with van der Waals surface area (Å²) >= 11 is 0. The highest BCUT2D eigenvalue weighted by Crippen LogP contribution is 2.14. The number of aromatic carboxylic acids is 1. The molecule has 0 heterocycles. The third-order valence-electron chi connectivity index (χ3n) is 2.45. The molecule has 1 N–H and O–H groups in total. The largest absolute Gasteiger partial charge is 0.478 e. The van der Waals surface area contributed by atoms with Crippen LogP contribution in [0.25, 0.3) is 0 Å². The van der Waals surface area contributed by atoms with Gasteiger partial charge in [-0.2, -0.15) is 0 Å². The van der Waals surface area contributed by atoms with E-state index in [0.717, 1.165) is 12.1 Å². The molecule has 0 amide bonds. The van der Waals surface area contributed by atoms with E-state index in [1.165, 1.54) is 13.0 Å². The van der Waals surface area contributed by atoms with E-state index in [0.29, 0.717) is 0 Å². The number of hydrogen-bond acceptors (Lipinski definition) is 4. The minimum Gasteiger partial charge on any atom is -0.478 e. The lowest BCUT2D eigenvalue weighted by Gasteiger charge is -2.04. The van der Waals surface area contributed by atoms with Gasteiger partial charge in [0.25, 0.3) is 0 Å². The molecule has 0 aromatic heterocycles. The summed E-state index contributed by atoms with van der Waals surface area (Å²) in [7, 11) is -4.92. The van der Waals surface area contributed by atoms with Crippen molar-refractivity contribution in [2.24, 2.45) is 0 Å². The van der Waals surface area contributed by atoms with Crippen molar-refractivity contribution in [3.8, 4) is 0 Å². The van der Waals surface area contributed by atoms with Gasteiger partial charge in [0.1, 0.15) is 5.82 Å². The van der Waals surface area contributed by atoms with Gasteiger partial charge in [0, 0.05) is 16.4 Å². The van der Waals surface area contributed by atoms with Gasteiger partial charge in [-0.15, -0.1) is 0 Å². The van der Waals surface area contributed by atoms with E-state index < -0.39 is 38.0 Å². The van der Waals surface area contributed by atoms with E-state index in [1.807, 2.05) is 0 Å². The van der Waals surface area contributed by atoms with Crippen LogP contribution in [0, 0.1) is 5.82 Å². The first-order chi connectivity index (χ1) is 8.76. The molecule has 0 spiro atoms. The van der Waals surface area contributed by atoms with Crippen LogP contribution in [0.4, 0.5) is 4.39 Å². The van der Waals surface area contributed by atoms with Gasteiger partial charge in [0.05, 0.1) is 22.1 Å². The van der Waals surface area contributed by atoms with E-state index in [4.69, 9.17) is 5.11 Å². The topological polar surface area (TPSA) is 88.5 Å². The van der Waals surface area contributed by atoms with Crippen molar-refractivity contribution in [3.63, 3.8) is 0 Å². The summed E-state index contributed by atoms with van der Waals surface area (Å²) < 4.78 is 47.5. The Morgan fingerprint density at radius 3 is 2.58 bits per heavy atom. The maximum Gasteiger partial charge on any atom is 0.338 e. The molecule has 1 aromatic rings. The Morgan fingerprint density at radius 1 is 1.42 bits per heavy atom. The van der Waals surface area contributed by atoms with Crippen LogP contribution in [0.15, 0.2) is 23.1 Å². The Balaban J connectivity index is 2.90. The first-order valence-corrected chi connectivity index (χ1v) is 8.52. The molecule has 1 atom stereocenters. The van der Waals surface area contributed by atoms with Crippen molar-refractivity contribution in [2.75, 3.05) is 17.3 Å². The lowest BCUT2D eigenvalue weighted by atomic mass is 10.2. The van der Waals surface area contributed by atoms with Crippen molar-refractivity contribution in [1.29, 1.82) is 0 Å². The van der Waals surface area contributed by atoms with E-state index in [2.05, 4.69) is 0 Å². The summed E-state index contributed by atoms with van der Waals surface area (Å²) in [5.41, 5.74) is -0.579. The third-order valence-corrected chi connectivity index (χ3v) is 5.77. The van der Waals surface area contributed by atoms with Crippen molar-refractivity contribution in [3.05, 3.63) is 29.6 Å². The van der Waals surface area contributed by atoms with Crippen molar-refractivity contribution in [2.45, 2.75) is 11.8 Å². The maximum atomic E-state index is 13.1. The van der Waals surface area contributed by atoms with Crippen LogP contribution in [-0.4, -0.2) is 41.0 Å². The van der Waals surface area contributed by atoms with Crippen LogP contribution in [0.3, 0.4) is 0 Å². The van der Waals surface area contributed by atoms with Crippen molar-refractivity contribution in [1.82, 2.24) is 0 Å². The molecule has 0 aliphatic heterocycles.